The lowest BCUT2D eigenvalue weighted by molar-refractivity contribution is -0.150. The van der Waals surface area contributed by atoms with E-state index in [9.17, 15) is 28.9 Å². The smallest absolute Gasteiger partial charge is 0.352 e. The van der Waals surface area contributed by atoms with Crippen molar-refractivity contribution in [2.75, 3.05) is 18.1 Å². The summed E-state index contributed by atoms with van der Waals surface area (Å²) < 4.78 is 18.0. The molecule has 0 aliphatic carbocycles. The first kappa shape index (κ1) is 29.2. The topological polar surface area (TPSA) is 223 Å². The number of carbonyl (C=O) groups is 3. The number of tetrazole rings is 1. The Morgan fingerprint density at radius 1 is 1.36 bits per heavy atom. The van der Waals surface area contributed by atoms with Crippen molar-refractivity contribution in [3.05, 3.63) is 46.7 Å². The fraction of sp³-hybridized carbons (Fsp3) is 0.429. The van der Waals surface area contributed by atoms with Gasteiger partial charge in [-0.25, -0.2) is 9.48 Å². The van der Waals surface area contributed by atoms with E-state index >= 15 is 0 Å². The molecule has 2 aromatic rings. The first-order valence-electron chi connectivity index (χ1n) is 11.6. The van der Waals surface area contributed by atoms with Crippen molar-refractivity contribution in [1.29, 1.82) is 0 Å². The molecule has 1 saturated heterocycles. The van der Waals surface area contributed by atoms with Crippen LogP contribution in [0, 0.1) is 0 Å². The molecule has 15 nitrogen and oxygen atoms in total. The number of carboxylic acids is 1. The second kappa shape index (κ2) is 12.2. The molecule has 2 aliphatic rings. The molecule has 1 aromatic carbocycles. The molecule has 0 bridgehead atoms. The summed E-state index contributed by atoms with van der Waals surface area (Å²) in [5.74, 6) is -2.12. The molecule has 18 heteroatoms. The van der Waals surface area contributed by atoms with Gasteiger partial charge in [0.2, 0.25) is 11.1 Å². The number of aromatic nitrogens is 4. The summed E-state index contributed by atoms with van der Waals surface area (Å²) in [5, 5.41) is 32.3. The molecule has 0 spiro atoms. The third-order valence-corrected chi connectivity index (χ3v) is 9.54. The van der Waals surface area contributed by atoms with E-state index in [4.69, 9.17) is 15.4 Å². The van der Waals surface area contributed by atoms with E-state index < -0.39 is 49.1 Å². The van der Waals surface area contributed by atoms with E-state index in [-0.39, 0.29) is 35.6 Å². The van der Waals surface area contributed by atoms with Crippen molar-refractivity contribution in [3.63, 3.8) is 0 Å². The number of nitrogens with zero attached hydrogens (tertiary/aromatic N) is 5. The number of carboxylic acid groups (broad SMARTS) is 1. The van der Waals surface area contributed by atoms with Gasteiger partial charge in [0.05, 0.1) is 13.2 Å². The maximum atomic E-state index is 13.0. The number of fused-ring (bicyclic) bond motifs is 1. The molecule has 2 amide bonds. The minimum absolute atomic E-state index is 0.0284. The Balaban J connectivity index is 1.43. The van der Waals surface area contributed by atoms with Crippen molar-refractivity contribution in [2.24, 2.45) is 5.73 Å². The zero-order chi connectivity index (χ0) is 28.3. The van der Waals surface area contributed by atoms with Gasteiger partial charge in [-0.2, -0.15) is 0 Å². The average Bonchev–Trinajstić information content (AvgIpc) is 3.34. The van der Waals surface area contributed by atoms with Crippen LogP contribution in [-0.2, 0) is 36.4 Å². The summed E-state index contributed by atoms with van der Waals surface area (Å²) in [7, 11) is -3.97. The maximum Gasteiger partial charge on any atom is 0.352 e. The third kappa shape index (κ3) is 6.35. The molecule has 1 aromatic heterocycles. The van der Waals surface area contributed by atoms with Gasteiger partial charge < -0.3 is 30.7 Å². The Morgan fingerprint density at radius 2 is 2.08 bits per heavy atom. The number of hydrogen-bond donors (Lipinski definition) is 5. The molecule has 1 fully saturated rings. The second-order valence-electron chi connectivity index (χ2n) is 8.48. The van der Waals surface area contributed by atoms with Crippen LogP contribution in [0.1, 0.15) is 24.1 Å². The number of nitrogens with one attached hydrogen (secondary N) is 1. The van der Waals surface area contributed by atoms with Crippen LogP contribution in [-0.4, -0.2) is 87.5 Å². The van der Waals surface area contributed by atoms with E-state index in [1.165, 1.54) is 11.8 Å². The van der Waals surface area contributed by atoms with Crippen LogP contribution < -0.4 is 11.1 Å². The van der Waals surface area contributed by atoms with E-state index in [1.807, 2.05) is 0 Å². The summed E-state index contributed by atoms with van der Waals surface area (Å²) in [5.41, 5.74) is 7.45. The van der Waals surface area contributed by atoms with E-state index in [1.54, 1.807) is 31.2 Å². The largest absolute Gasteiger partial charge is 0.477 e. The lowest BCUT2D eigenvalue weighted by atomic mass is 10.0. The van der Waals surface area contributed by atoms with E-state index in [0.717, 1.165) is 21.3 Å². The molecule has 4 rings (SSSR count). The molecular weight excluding hydrogens is 573 g/mol. The number of hydrogen-bond acceptors (Lipinski definition) is 12. The number of thioether (sulfide) groups is 2. The highest BCUT2D eigenvalue weighted by Gasteiger charge is 2.54. The molecule has 210 valence electrons. The summed E-state index contributed by atoms with van der Waals surface area (Å²) in [6.45, 7) is 1.45. The number of aliphatic carboxylic acids is 1. The minimum atomic E-state index is -3.97. The predicted molar refractivity (Wildman–Crippen MR) is 139 cm³/mol. The zero-order valence-corrected chi connectivity index (χ0v) is 23.1. The van der Waals surface area contributed by atoms with Crippen molar-refractivity contribution in [1.82, 2.24) is 30.4 Å². The highest BCUT2D eigenvalue weighted by molar-refractivity contribution is 8.01. The van der Waals surface area contributed by atoms with Gasteiger partial charge in [-0.15, -0.1) is 16.9 Å². The summed E-state index contributed by atoms with van der Waals surface area (Å²) in [4.78, 5) is 48.8. The Hall–Kier alpha value is -2.79. The number of aliphatic hydroxyl groups is 1. The second-order valence-corrected chi connectivity index (χ2v) is 12.3. The standard InChI is InChI=1S/C21H26N7O8PS2/c1-2-36-37(34,35)10-27-21(24-25-26-27)39-9-13-8-38-19-15(18(31)28(19)16(13)20(32)33)23-17(30)14(22)12-5-3-11(7-29)4-6-12/h3-6,14-15,19,29H,2,7-10,22H2,1H3,(H,23,30)(H,32,33)(H,34,35)/t14?,15-,19-/m1/s1. The molecule has 0 radical (unpaired) electrons. The van der Waals surface area contributed by atoms with Crippen LogP contribution in [0.2, 0.25) is 0 Å². The third-order valence-electron chi connectivity index (χ3n) is 5.87. The van der Waals surface area contributed by atoms with Gasteiger partial charge in [-0.3, -0.25) is 19.1 Å². The van der Waals surface area contributed by atoms with Gasteiger partial charge in [-0.05, 0) is 34.1 Å². The van der Waals surface area contributed by atoms with Crippen LogP contribution in [0.25, 0.3) is 0 Å². The van der Waals surface area contributed by atoms with Crippen LogP contribution in [0.5, 0.6) is 0 Å². The fourth-order valence-corrected chi connectivity index (χ4v) is 7.44. The van der Waals surface area contributed by atoms with Crippen LogP contribution >= 0.6 is 31.1 Å². The monoisotopic (exact) mass is 599 g/mol. The Labute approximate surface area is 230 Å². The molecule has 2 unspecified atom stereocenters. The average molecular weight is 600 g/mol. The van der Waals surface area contributed by atoms with Crippen molar-refractivity contribution < 1.29 is 38.6 Å². The Bertz CT molecular complexity index is 1340. The van der Waals surface area contributed by atoms with Gasteiger partial charge in [0.15, 0.2) is 0 Å². The van der Waals surface area contributed by atoms with Crippen molar-refractivity contribution in [3.8, 4) is 0 Å². The molecular formula is C21H26N7O8PS2. The van der Waals surface area contributed by atoms with Crippen LogP contribution in [0.4, 0.5) is 0 Å². The quantitative estimate of drug-likeness (QED) is 0.122. The normalized spacial score (nSPS) is 21.1. The number of nitrogens with two attached hydrogens (primary N) is 1. The van der Waals surface area contributed by atoms with E-state index in [2.05, 4.69) is 20.8 Å². The molecule has 39 heavy (non-hydrogen) atoms. The highest BCUT2D eigenvalue weighted by Crippen LogP contribution is 2.44. The minimum Gasteiger partial charge on any atom is -0.477 e. The highest BCUT2D eigenvalue weighted by atomic mass is 32.2. The summed E-state index contributed by atoms with van der Waals surface area (Å²) >= 11 is 2.34. The van der Waals surface area contributed by atoms with Gasteiger partial charge in [-0.1, -0.05) is 36.0 Å². The molecule has 3 heterocycles. The number of amides is 2. The first-order chi connectivity index (χ1) is 18.6. The van der Waals surface area contributed by atoms with Crippen LogP contribution in [0.3, 0.4) is 0 Å². The maximum absolute atomic E-state index is 13.0. The molecule has 2 aliphatic heterocycles. The SMILES string of the molecule is CCOP(=O)(O)Cn1nnnc1SCC1=C(C(=O)O)N2C(=O)[C@@H](NC(=O)C(N)c3ccc(CO)cc3)[C@H]2SC1. The number of carbonyl (C=O) groups excluding carboxylic acids is 2. The van der Waals surface area contributed by atoms with Gasteiger partial charge in [0.1, 0.15) is 29.4 Å². The lowest BCUT2D eigenvalue weighted by Gasteiger charge is -2.49. The number of rotatable bonds is 12. The summed E-state index contributed by atoms with van der Waals surface area (Å²) in [6, 6.07) is 4.50. The molecule has 6 N–H and O–H groups in total. The zero-order valence-electron chi connectivity index (χ0n) is 20.5. The number of aliphatic hydroxyl groups excluding tert-OH is 1. The Morgan fingerprint density at radius 3 is 2.72 bits per heavy atom. The fourth-order valence-electron chi connectivity index (χ4n) is 3.97. The molecule has 0 saturated carbocycles. The predicted octanol–water partition coefficient (Wildman–Crippen LogP) is -0.124. The number of benzene rings is 1. The van der Waals surface area contributed by atoms with E-state index in [0.29, 0.717) is 16.7 Å². The van der Waals surface area contributed by atoms with Gasteiger partial charge in [0.25, 0.3) is 5.91 Å². The van der Waals surface area contributed by atoms with Crippen LogP contribution in [0.15, 0.2) is 40.7 Å². The Kier molecular flexibility index (Phi) is 9.10. The van der Waals surface area contributed by atoms with Crippen molar-refractivity contribution >= 4 is 48.9 Å². The number of β-lactam (4-membered cyclic amide) rings is 1. The lowest BCUT2D eigenvalue weighted by Crippen LogP contribution is -2.71. The van der Waals surface area contributed by atoms with Crippen molar-refractivity contribution in [2.45, 2.75) is 42.4 Å². The van der Waals surface area contributed by atoms with Gasteiger partial charge in [0, 0.05) is 11.5 Å². The van der Waals surface area contributed by atoms with Gasteiger partial charge >= 0.3 is 13.6 Å². The first-order valence-corrected chi connectivity index (χ1v) is 15.4. The molecule has 4 atom stereocenters. The summed E-state index contributed by atoms with van der Waals surface area (Å²) in [6.07, 6.45) is -0.475.